The third-order valence-electron chi connectivity index (χ3n) is 5.73. The minimum Gasteiger partial charge on any atom is -0.486 e. The molecule has 11 heteroatoms. The van der Waals surface area contributed by atoms with Gasteiger partial charge in [0.05, 0.1) is 16.5 Å². The van der Waals surface area contributed by atoms with Crippen molar-refractivity contribution in [3.63, 3.8) is 0 Å². The summed E-state index contributed by atoms with van der Waals surface area (Å²) in [6.45, 7) is 1.28. The smallest absolute Gasteiger partial charge is 0.418 e. The Morgan fingerprint density at radius 2 is 1.77 bits per heavy atom. The second-order valence-corrected chi connectivity index (χ2v) is 9.51. The number of carbonyl (C=O) groups excluding carboxylic acids is 1. The van der Waals surface area contributed by atoms with E-state index in [-0.39, 0.29) is 23.5 Å². The zero-order valence-corrected chi connectivity index (χ0v) is 19.9. The number of hydrogen-bond donors (Lipinski definition) is 1. The average molecular weight is 528 g/mol. The van der Waals surface area contributed by atoms with E-state index < -0.39 is 34.6 Å². The molecule has 2 heterocycles. The van der Waals surface area contributed by atoms with Gasteiger partial charge < -0.3 is 19.5 Å². The lowest BCUT2D eigenvalue weighted by molar-refractivity contribution is -0.144. The molecular weight excluding hydrogens is 507 g/mol. The highest BCUT2D eigenvalue weighted by Gasteiger charge is 2.37. The largest absolute Gasteiger partial charge is 0.486 e. The molecule has 0 unspecified atom stereocenters. The summed E-state index contributed by atoms with van der Waals surface area (Å²) in [6.07, 6.45) is -1.97. The van der Waals surface area contributed by atoms with Crippen LogP contribution in [-0.2, 0) is 15.8 Å². The summed E-state index contributed by atoms with van der Waals surface area (Å²) in [5.74, 6) is -0.823. The Kier molecular flexibility index (Phi) is 7.51. The first-order valence-electron chi connectivity index (χ1n) is 10.8. The van der Waals surface area contributed by atoms with Crippen molar-refractivity contribution in [2.75, 3.05) is 26.3 Å². The van der Waals surface area contributed by atoms with E-state index in [9.17, 15) is 22.8 Å². The number of nitrogens with zero attached hydrogens (tertiary/aromatic N) is 1. The fourth-order valence-electron chi connectivity index (χ4n) is 3.91. The number of halogens is 4. The van der Waals surface area contributed by atoms with Crippen molar-refractivity contribution >= 4 is 41.3 Å². The normalized spacial score (nSPS) is 16.5. The highest BCUT2D eigenvalue weighted by molar-refractivity contribution is 7.99. The van der Waals surface area contributed by atoms with E-state index in [1.807, 2.05) is 0 Å². The molecule has 1 saturated heterocycles. The van der Waals surface area contributed by atoms with E-state index in [4.69, 9.17) is 26.2 Å². The molecule has 6 nitrogen and oxygen atoms in total. The van der Waals surface area contributed by atoms with Crippen molar-refractivity contribution in [3.8, 4) is 11.5 Å². The van der Waals surface area contributed by atoms with Gasteiger partial charge in [0.2, 0.25) is 5.91 Å². The summed E-state index contributed by atoms with van der Waals surface area (Å²) in [7, 11) is 0. The number of fused-ring (bicyclic) bond motifs is 1. The van der Waals surface area contributed by atoms with Gasteiger partial charge in [-0.3, -0.25) is 9.59 Å². The van der Waals surface area contributed by atoms with Crippen LogP contribution in [0, 0.1) is 5.92 Å². The Bertz CT molecular complexity index is 1160. The van der Waals surface area contributed by atoms with Gasteiger partial charge in [0.25, 0.3) is 0 Å². The molecule has 0 bridgehead atoms. The SMILES string of the molecule is O=C(O)C1CCN(C(=O)/C=C/c2ccc(Sc3ccc4c(c3)OCCO4)c(Cl)c2C(F)(F)F)CC1. The number of benzene rings is 2. The number of carbonyl (C=O) groups is 2. The maximum Gasteiger partial charge on any atom is 0.418 e. The van der Waals surface area contributed by atoms with E-state index in [1.54, 1.807) is 18.2 Å². The Hall–Kier alpha value is -2.85. The van der Waals surface area contributed by atoms with Crippen LogP contribution >= 0.6 is 23.4 Å². The minimum atomic E-state index is -4.75. The molecular formula is C24H21ClF3NO5S. The molecule has 0 saturated carbocycles. The molecule has 0 radical (unpaired) electrons. The van der Waals surface area contributed by atoms with Gasteiger partial charge in [0, 0.05) is 29.0 Å². The maximum absolute atomic E-state index is 13.9. The van der Waals surface area contributed by atoms with E-state index in [0.29, 0.717) is 42.4 Å². The molecule has 0 atom stereocenters. The minimum absolute atomic E-state index is 0.204. The predicted molar refractivity (Wildman–Crippen MR) is 124 cm³/mol. The molecule has 35 heavy (non-hydrogen) atoms. The summed E-state index contributed by atoms with van der Waals surface area (Å²) in [6, 6.07) is 7.83. The van der Waals surface area contributed by atoms with E-state index in [2.05, 4.69) is 0 Å². The van der Waals surface area contributed by atoms with Crippen LogP contribution in [0.1, 0.15) is 24.0 Å². The van der Waals surface area contributed by atoms with Crippen LogP contribution < -0.4 is 9.47 Å². The van der Waals surface area contributed by atoms with E-state index in [1.165, 1.54) is 17.0 Å². The van der Waals surface area contributed by atoms with Crippen LogP contribution in [0.25, 0.3) is 6.08 Å². The second kappa shape index (κ2) is 10.4. The van der Waals surface area contributed by atoms with Crippen molar-refractivity contribution in [2.24, 2.45) is 5.92 Å². The first-order chi connectivity index (χ1) is 16.6. The molecule has 2 aliphatic rings. The predicted octanol–water partition coefficient (Wildman–Crippen LogP) is 5.62. The number of ether oxygens (including phenoxy) is 2. The Morgan fingerprint density at radius 3 is 2.43 bits per heavy atom. The van der Waals surface area contributed by atoms with Crippen molar-refractivity contribution in [1.82, 2.24) is 4.90 Å². The van der Waals surface area contributed by atoms with Crippen molar-refractivity contribution in [2.45, 2.75) is 28.8 Å². The van der Waals surface area contributed by atoms with E-state index >= 15 is 0 Å². The molecule has 1 N–H and O–H groups in total. The molecule has 186 valence electrons. The van der Waals surface area contributed by atoms with Gasteiger partial charge in [-0.25, -0.2) is 0 Å². The highest BCUT2D eigenvalue weighted by atomic mass is 35.5. The Morgan fingerprint density at radius 1 is 1.09 bits per heavy atom. The Labute approximate surface area is 208 Å². The van der Waals surface area contributed by atoms with Crippen molar-refractivity contribution in [1.29, 1.82) is 0 Å². The van der Waals surface area contributed by atoms with Crippen molar-refractivity contribution < 1.29 is 37.3 Å². The summed E-state index contributed by atoms with van der Waals surface area (Å²) in [5.41, 5.74) is -1.27. The lowest BCUT2D eigenvalue weighted by Gasteiger charge is -2.29. The van der Waals surface area contributed by atoms with Crippen LogP contribution in [0.5, 0.6) is 11.5 Å². The summed E-state index contributed by atoms with van der Waals surface area (Å²) < 4.78 is 52.8. The van der Waals surface area contributed by atoms with Crippen LogP contribution in [-0.4, -0.2) is 48.2 Å². The number of aliphatic carboxylic acids is 1. The molecule has 2 aromatic carbocycles. The summed E-state index contributed by atoms with van der Waals surface area (Å²) in [4.78, 5) is 25.8. The van der Waals surface area contributed by atoms with Gasteiger partial charge in [-0.15, -0.1) is 0 Å². The zero-order valence-electron chi connectivity index (χ0n) is 18.3. The van der Waals surface area contributed by atoms with Crippen molar-refractivity contribution in [3.05, 3.63) is 52.6 Å². The molecule has 4 rings (SSSR count). The molecule has 0 aromatic heterocycles. The number of piperidine rings is 1. The first kappa shape index (κ1) is 25.2. The number of likely N-dealkylation sites (tertiary alicyclic amines) is 1. The van der Waals surface area contributed by atoms with Gasteiger partial charge in [0.1, 0.15) is 13.2 Å². The summed E-state index contributed by atoms with van der Waals surface area (Å²) in [5, 5.41) is 8.60. The Balaban J connectivity index is 1.54. The van der Waals surface area contributed by atoms with Gasteiger partial charge in [-0.05, 0) is 48.7 Å². The topological polar surface area (TPSA) is 76.1 Å². The van der Waals surface area contributed by atoms with Gasteiger partial charge in [-0.2, -0.15) is 13.2 Å². The fraction of sp³-hybridized carbons (Fsp3) is 0.333. The number of rotatable bonds is 5. The third kappa shape index (κ3) is 5.87. The zero-order chi connectivity index (χ0) is 25.2. The quantitative estimate of drug-likeness (QED) is 0.509. The summed E-state index contributed by atoms with van der Waals surface area (Å²) >= 11 is 7.28. The number of carboxylic acid groups (broad SMARTS) is 1. The van der Waals surface area contributed by atoms with Gasteiger partial charge in [0.15, 0.2) is 11.5 Å². The van der Waals surface area contributed by atoms with Crippen LogP contribution in [0.2, 0.25) is 5.02 Å². The molecule has 1 fully saturated rings. The first-order valence-corrected chi connectivity index (χ1v) is 12.0. The van der Waals surface area contributed by atoms with Crippen LogP contribution in [0.4, 0.5) is 13.2 Å². The second-order valence-electron chi connectivity index (χ2n) is 8.02. The standard InChI is InChI=1S/C24H21ClF3NO5S/c25-22-19(35-16-3-4-17-18(13-16)34-12-11-33-17)5-1-14(21(22)24(26,27)28)2-6-20(30)29-9-7-15(8-10-29)23(31)32/h1-6,13,15H,7-12H2,(H,31,32)/b6-2+. The molecule has 2 aromatic rings. The van der Waals surface area contributed by atoms with Crippen LogP contribution in [0.3, 0.4) is 0 Å². The van der Waals surface area contributed by atoms with Gasteiger partial charge >= 0.3 is 12.1 Å². The van der Waals surface area contributed by atoms with E-state index in [0.717, 1.165) is 23.9 Å². The fourth-order valence-corrected chi connectivity index (χ4v) is 5.18. The molecule has 0 spiro atoms. The lowest BCUT2D eigenvalue weighted by atomic mass is 9.97. The molecule has 0 aliphatic carbocycles. The highest BCUT2D eigenvalue weighted by Crippen LogP contribution is 2.45. The number of amides is 1. The molecule has 1 amide bonds. The lowest BCUT2D eigenvalue weighted by Crippen LogP contribution is -2.39. The number of alkyl halides is 3. The number of carboxylic acids is 1. The average Bonchev–Trinajstić information content (AvgIpc) is 2.83. The number of hydrogen-bond acceptors (Lipinski definition) is 5. The van der Waals surface area contributed by atoms with Crippen LogP contribution in [0.15, 0.2) is 46.2 Å². The third-order valence-corrected chi connectivity index (χ3v) is 7.28. The van der Waals surface area contributed by atoms with Gasteiger partial charge in [-0.1, -0.05) is 29.4 Å². The maximum atomic E-state index is 13.9. The molecule has 2 aliphatic heterocycles. The monoisotopic (exact) mass is 527 g/mol.